The maximum atomic E-state index is 9.29. The molecule has 4 nitrogen and oxygen atoms in total. The molecule has 3 aliphatic rings. The van der Waals surface area contributed by atoms with Crippen molar-refractivity contribution in [1.29, 1.82) is 0 Å². The Morgan fingerprint density at radius 1 is 1.33 bits per heavy atom. The number of nitrogens with zero attached hydrogens (tertiary/aromatic N) is 3. The molecule has 3 aliphatic heterocycles. The molecule has 24 heavy (non-hydrogen) atoms. The van der Waals surface area contributed by atoms with Gasteiger partial charge in [-0.3, -0.25) is 4.90 Å². The van der Waals surface area contributed by atoms with Gasteiger partial charge in [-0.05, 0) is 55.7 Å². The molecule has 0 aliphatic carbocycles. The van der Waals surface area contributed by atoms with E-state index in [0.29, 0.717) is 11.5 Å². The lowest BCUT2D eigenvalue weighted by Gasteiger charge is -2.56. The number of rotatable bonds is 2. The van der Waals surface area contributed by atoms with Crippen LogP contribution in [0.3, 0.4) is 0 Å². The van der Waals surface area contributed by atoms with Crippen LogP contribution in [0.2, 0.25) is 0 Å². The van der Waals surface area contributed by atoms with E-state index in [2.05, 4.69) is 45.8 Å². The highest BCUT2D eigenvalue weighted by Gasteiger charge is 2.52. The molecule has 5 rings (SSSR count). The summed E-state index contributed by atoms with van der Waals surface area (Å²) in [5.41, 5.74) is 4.69. The summed E-state index contributed by atoms with van der Waals surface area (Å²) < 4.78 is 2.49. The molecule has 4 heterocycles. The zero-order valence-corrected chi connectivity index (χ0v) is 14.3. The van der Waals surface area contributed by atoms with E-state index in [1.165, 1.54) is 48.9 Å². The quantitative estimate of drug-likeness (QED) is 0.513. The van der Waals surface area contributed by atoms with Crippen molar-refractivity contribution in [2.75, 3.05) is 13.1 Å². The minimum absolute atomic E-state index is 0.165. The molecule has 1 fully saturated rings. The predicted molar refractivity (Wildman–Crippen MR) is 95.8 cm³/mol. The first-order valence-electron chi connectivity index (χ1n) is 9.32. The van der Waals surface area contributed by atoms with Crippen molar-refractivity contribution < 1.29 is 5.21 Å². The normalized spacial score (nSPS) is 32.4. The molecule has 0 amide bonds. The van der Waals surface area contributed by atoms with Crippen LogP contribution in [0.1, 0.15) is 55.9 Å². The van der Waals surface area contributed by atoms with Gasteiger partial charge in [-0.1, -0.05) is 30.3 Å². The topological polar surface area (TPSA) is 40.8 Å². The molecule has 1 saturated heterocycles. The van der Waals surface area contributed by atoms with Gasteiger partial charge in [-0.15, -0.1) is 0 Å². The molecule has 0 radical (unpaired) electrons. The van der Waals surface area contributed by atoms with Gasteiger partial charge in [0.05, 0.1) is 18.3 Å². The van der Waals surface area contributed by atoms with Crippen LogP contribution in [0, 0.1) is 5.41 Å². The molecule has 0 spiro atoms. The lowest BCUT2D eigenvalue weighted by atomic mass is 9.63. The molecular formula is C20H25N3O. The van der Waals surface area contributed by atoms with E-state index in [1.54, 1.807) is 11.8 Å². The van der Waals surface area contributed by atoms with Gasteiger partial charge in [0.2, 0.25) is 0 Å². The fraction of sp³-hybridized carbons (Fsp3) is 0.550. The summed E-state index contributed by atoms with van der Waals surface area (Å²) in [5.74, 6) is 0. The molecule has 126 valence electrons. The van der Waals surface area contributed by atoms with Crippen molar-refractivity contribution in [2.24, 2.45) is 10.6 Å². The van der Waals surface area contributed by atoms with E-state index < -0.39 is 0 Å². The molecule has 4 heteroatoms. The van der Waals surface area contributed by atoms with Gasteiger partial charge < -0.3 is 9.77 Å². The monoisotopic (exact) mass is 323 g/mol. The molecule has 1 N–H and O–H groups in total. The highest BCUT2D eigenvalue weighted by atomic mass is 16.4. The summed E-state index contributed by atoms with van der Waals surface area (Å²) in [5, 5.41) is 14.1. The summed E-state index contributed by atoms with van der Waals surface area (Å²) in [6, 6.07) is 9.49. The molecule has 0 bridgehead atoms. The number of benzene rings is 1. The van der Waals surface area contributed by atoms with E-state index in [0.717, 1.165) is 12.8 Å². The van der Waals surface area contributed by atoms with Gasteiger partial charge in [-0.2, -0.15) is 0 Å². The van der Waals surface area contributed by atoms with E-state index in [-0.39, 0.29) is 6.04 Å². The smallest absolute Gasteiger partial charge is 0.0730 e. The van der Waals surface area contributed by atoms with Crippen molar-refractivity contribution >= 4 is 17.1 Å². The summed E-state index contributed by atoms with van der Waals surface area (Å²) in [7, 11) is 0. The standard InChI is InChI=1S/C20H25N3O/c1-2-20-9-5-10-22-11-8-16-15-6-3-4-7-17(15)23(18(16)19(20)22)14(12-20)13-21-24/h3-4,6-7,13-14,19,24H,2,5,8-12H2,1H3/b21-13+/t14?,19-,20+/m1/s1. The van der Waals surface area contributed by atoms with Gasteiger partial charge in [0.1, 0.15) is 0 Å². The predicted octanol–water partition coefficient (Wildman–Crippen LogP) is 4.14. The van der Waals surface area contributed by atoms with Crippen LogP contribution in [0.4, 0.5) is 0 Å². The van der Waals surface area contributed by atoms with Crippen LogP contribution >= 0.6 is 0 Å². The minimum Gasteiger partial charge on any atom is -0.411 e. The van der Waals surface area contributed by atoms with E-state index in [4.69, 9.17) is 0 Å². The molecule has 1 unspecified atom stereocenters. The van der Waals surface area contributed by atoms with Gasteiger partial charge in [0.25, 0.3) is 0 Å². The largest absolute Gasteiger partial charge is 0.411 e. The van der Waals surface area contributed by atoms with Crippen LogP contribution < -0.4 is 0 Å². The van der Waals surface area contributed by atoms with Gasteiger partial charge in [0, 0.05) is 23.1 Å². The third-order valence-electron chi connectivity index (χ3n) is 6.92. The zero-order valence-electron chi connectivity index (χ0n) is 14.3. The highest BCUT2D eigenvalue weighted by molar-refractivity contribution is 5.88. The van der Waals surface area contributed by atoms with Crippen LogP contribution in [0.25, 0.3) is 10.9 Å². The average molecular weight is 323 g/mol. The van der Waals surface area contributed by atoms with Crippen LogP contribution in [-0.2, 0) is 6.42 Å². The second-order valence-corrected chi connectivity index (χ2v) is 7.79. The van der Waals surface area contributed by atoms with Gasteiger partial charge in [0.15, 0.2) is 0 Å². The summed E-state index contributed by atoms with van der Waals surface area (Å²) in [4.78, 5) is 2.73. The first-order valence-corrected chi connectivity index (χ1v) is 9.32. The van der Waals surface area contributed by atoms with Crippen molar-refractivity contribution in [1.82, 2.24) is 9.47 Å². The van der Waals surface area contributed by atoms with E-state index in [9.17, 15) is 5.21 Å². The zero-order chi connectivity index (χ0) is 16.3. The highest BCUT2D eigenvalue weighted by Crippen LogP contribution is 2.59. The number of oxime groups is 1. The second kappa shape index (κ2) is 5.09. The Bertz CT molecular complexity index is 824. The Labute approximate surface area is 142 Å². The van der Waals surface area contributed by atoms with E-state index in [1.807, 2.05) is 0 Å². The fourth-order valence-corrected chi connectivity index (χ4v) is 5.95. The third kappa shape index (κ3) is 1.70. The summed E-state index contributed by atoms with van der Waals surface area (Å²) in [6.07, 6.45) is 7.77. The maximum absolute atomic E-state index is 9.29. The van der Waals surface area contributed by atoms with Crippen molar-refractivity contribution in [3.8, 4) is 0 Å². The Kier molecular flexibility index (Phi) is 3.08. The number of hydrogen-bond donors (Lipinski definition) is 1. The van der Waals surface area contributed by atoms with Gasteiger partial charge in [-0.25, -0.2) is 0 Å². The van der Waals surface area contributed by atoms with E-state index >= 15 is 0 Å². The van der Waals surface area contributed by atoms with Crippen molar-refractivity contribution in [3.05, 3.63) is 35.5 Å². The summed E-state index contributed by atoms with van der Waals surface area (Å²) >= 11 is 0. The number of aromatic nitrogens is 1. The number of para-hydroxylation sites is 1. The number of hydrogen-bond acceptors (Lipinski definition) is 3. The van der Waals surface area contributed by atoms with Crippen LogP contribution in [0.15, 0.2) is 29.4 Å². The first kappa shape index (κ1) is 14.5. The number of piperidine rings is 1. The maximum Gasteiger partial charge on any atom is 0.0730 e. The summed E-state index contributed by atoms with van der Waals surface area (Å²) in [6.45, 7) is 4.77. The lowest BCUT2D eigenvalue weighted by molar-refractivity contribution is -0.0282. The number of fused-ring (bicyclic) bond motifs is 3. The van der Waals surface area contributed by atoms with Crippen LogP contribution in [-0.4, -0.2) is 34.0 Å². The SMILES string of the molecule is CC[C@]12CCCN3CCc4c(n(c5ccccc45)C(/C=N/O)C1)[C@@H]32. The molecule has 1 aromatic carbocycles. The Morgan fingerprint density at radius 2 is 2.21 bits per heavy atom. The minimum atomic E-state index is 0.165. The molecule has 1 aromatic heterocycles. The molecular weight excluding hydrogens is 298 g/mol. The molecule has 2 aromatic rings. The molecule has 0 saturated carbocycles. The van der Waals surface area contributed by atoms with Crippen LogP contribution in [0.5, 0.6) is 0 Å². The van der Waals surface area contributed by atoms with Crippen molar-refractivity contribution in [3.63, 3.8) is 0 Å². The Balaban J connectivity index is 1.85. The lowest BCUT2D eigenvalue weighted by Crippen LogP contribution is -2.53. The first-order chi connectivity index (χ1) is 11.8. The molecule has 3 atom stereocenters. The third-order valence-corrected chi connectivity index (χ3v) is 6.92. The van der Waals surface area contributed by atoms with Gasteiger partial charge >= 0.3 is 0 Å². The second-order valence-electron chi connectivity index (χ2n) is 7.79. The Hall–Kier alpha value is -1.81. The Morgan fingerprint density at radius 3 is 3.04 bits per heavy atom. The average Bonchev–Trinajstić information content (AvgIpc) is 2.96. The fourth-order valence-electron chi connectivity index (χ4n) is 5.95. The van der Waals surface area contributed by atoms with Crippen molar-refractivity contribution in [2.45, 2.75) is 51.1 Å².